The molecule has 39 heavy (non-hydrogen) atoms. The second-order valence-corrected chi connectivity index (χ2v) is 10.8. The van der Waals surface area contributed by atoms with Gasteiger partial charge >= 0.3 is 0 Å². The SMILES string of the molecule is O=C(C[C@@H]1C[C@H]2c3cc(NC(=O)C4CCC4)ccc3O[C@H]2[C@@H](CO)O1)NCc1ccc(-c2ccccc2)cc1. The first-order valence-electron chi connectivity index (χ1n) is 13.9. The summed E-state index contributed by atoms with van der Waals surface area (Å²) < 4.78 is 12.3. The van der Waals surface area contributed by atoms with E-state index < -0.39 is 6.10 Å². The predicted molar refractivity (Wildman–Crippen MR) is 148 cm³/mol. The minimum absolute atomic E-state index is 0.0187. The molecule has 3 aromatic rings. The summed E-state index contributed by atoms with van der Waals surface area (Å²) in [5.74, 6) is 0.811. The van der Waals surface area contributed by atoms with Crippen molar-refractivity contribution < 1.29 is 24.2 Å². The quantitative estimate of drug-likeness (QED) is 0.392. The Labute approximate surface area is 228 Å². The summed E-state index contributed by atoms with van der Waals surface area (Å²) in [4.78, 5) is 25.3. The molecule has 0 bridgehead atoms. The maximum Gasteiger partial charge on any atom is 0.227 e. The summed E-state index contributed by atoms with van der Waals surface area (Å²) in [7, 11) is 0. The van der Waals surface area contributed by atoms with Gasteiger partial charge in [-0.1, -0.05) is 61.0 Å². The second kappa shape index (κ2) is 11.2. The van der Waals surface area contributed by atoms with E-state index in [1.54, 1.807) is 0 Å². The molecule has 7 nitrogen and oxygen atoms in total. The highest BCUT2D eigenvalue weighted by atomic mass is 16.6. The van der Waals surface area contributed by atoms with Gasteiger partial charge in [0.1, 0.15) is 18.0 Å². The third-order valence-corrected chi connectivity index (χ3v) is 8.21. The summed E-state index contributed by atoms with van der Waals surface area (Å²) in [6, 6.07) is 24.1. The molecular formula is C32H34N2O5. The smallest absolute Gasteiger partial charge is 0.227 e. The van der Waals surface area contributed by atoms with Gasteiger partial charge in [0.2, 0.25) is 11.8 Å². The maximum atomic E-state index is 12.8. The average molecular weight is 527 g/mol. The molecule has 6 rings (SSSR count). The van der Waals surface area contributed by atoms with E-state index in [0.717, 1.165) is 53.0 Å². The number of hydrogen-bond acceptors (Lipinski definition) is 5. The number of amides is 2. The van der Waals surface area contributed by atoms with Crippen molar-refractivity contribution in [3.63, 3.8) is 0 Å². The van der Waals surface area contributed by atoms with Crippen LogP contribution < -0.4 is 15.4 Å². The van der Waals surface area contributed by atoms with Crippen LogP contribution in [0.2, 0.25) is 0 Å². The van der Waals surface area contributed by atoms with Crippen LogP contribution in [0.1, 0.15) is 49.1 Å². The Kier molecular flexibility index (Phi) is 7.35. The van der Waals surface area contributed by atoms with Crippen LogP contribution in [0.3, 0.4) is 0 Å². The first-order valence-corrected chi connectivity index (χ1v) is 13.9. The fourth-order valence-electron chi connectivity index (χ4n) is 5.81. The van der Waals surface area contributed by atoms with E-state index in [1.165, 1.54) is 0 Å². The third-order valence-electron chi connectivity index (χ3n) is 8.21. The molecule has 4 atom stereocenters. The van der Waals surface area contributed by atoms with Crippen molar-refractivity contribution in [3.05, 3.63) is 83.9 Å². The lowest BCUT2D eigenvalue weighted by atomic mass is 9.83. The lowest BCUT2D eigenvalue weighted by Gasteiger charge is -2.37. The van der Waals surface area contributed by atoms with E-state index in [-0.39, 0.29) is 48.9 Å². The monoisotopic (exact) mass is 526 g/mol. The predicted octanol–water partition coefficient (Wildman–Crippen LogP) is 4.79. The Balaban J connectivity index is 1.07. The van der Waals surface area contributed by atoms with Gasteiger partial charge in [-0.25, -0.2) is 0 Å². The van der Waals surface area contributed by atoms with Gasteiger partial charge in [-0.05, 0) is 54.2 Å². The summed E-state index contributed by atoms with van der Waals surface area (Å²) in [5, 5.41) is 16.1. The normalized spacial score (nSPS) is 23.6. The van der Waals surface area contributed by atoms with Gasteiger partial charge in [-0.3, -0.25) is 9.59 Å². The van der Waals surface area contributed by atoms with Crippen LogP contribution in [0.5, 0.6) is 5.75 Å². The summed E-state index contributed by atoms with van der Waals surface area (Å²) in [6.07, 6.45) is 2.64. The lowest BCUT2D eigenvalue weighted by Crippen LogP contribution is -2.47. The van der Waals surface area contributed by atoms with E-state index in [1.807, 2.05) is 48.5 Å². The van der Waals surface area contributed by atoms with Crippen LogP contribution in [-0.2, 0) is 20.9 Å². The topological polar surface area (TPSA) is 96.9 Å². The molecule has 0 radical (unpaired) electrons. The first kappa shape index (κ1) is 25.6. The molecule has 7 heteroatoms. The summed E-state index contributed by atoms with van der Waals surface area (Å²) in [5.41, 5.74) is 5.07. The highest BCUT2D eigenvalue weighted by Crippen LogP contribution is 2.47. The van der Waals surface area contributed by atoms with Gasteiger partial charge in [0.25, 0.3) is 0 Å². The Morgan fingerprint density at radius 3 is 2.44 bits per heavy atom. The van der Waals surface area contributed by atoms with E-state index in [9.17, 15) is 14.7 Å². The number of carbonyl (C=O) groups is 2. The number of benzene rings is 3. The van der Waals surface area contributed by atoms with Gasteiger partial charge in [0.15, 0.2) is 0 Å². The van der Waals surface area contributed by atoms with Crippen molar-refractivity contribution in [1.29, 1.82) is 0 Å². The molecule has 3 aliphatic rings. The molecule has 0 aromatic heterocycles. The van der Waals surface area contributed by atoms with E-state index in [4.69, 9.17) is 9.47 Å². The lowest BCUT2D eigenvalue weighted by molar-refractivity contribution is -0.142. The molecule has 2 heterocycles. The fraction of sp³-hybridized carbons (Fsp3) is 0.375. The zero-order valence-corrected chi connectivity index (χ0v) is 21.8. The summed E-state index contributed by atoms with van der Waals surface area (Å²) >= 11 is 0. The van der Waals surface area contributed by atoms with Crippen molar-refractivity contribution >= 4 is 17.5 Å². The van der Waals surface area contributed by atoms with Gasteiger partial charge in [0, 0.05) is 29.6 Å². The summed E-state index contributed by atoms with van der Waals surface area (Å²) in [6.45, 7) is 0.248. The minimum atomic E-state index is -0.521. The van der Waals surface area contributed by atoms with Crippen molar-refractivity contribution in [1.82, 2.24) is 5.32 Å². The number of nitrogens with one attached hydrogen (secondary N) is 2. The van der Waals surface area contributed by atoms with Gasteiger partial charge in [-0.15, -0.1) is 0 Å². The third kappa shape index (κ3) is 5.56. The largest absolute Gasteiger partial charge is 0.487 e. The molecule has 2 fully saturated rings. The average Bonchev–Trinajstić information content (AvgIpc) is 3.29. The van der Waals surface area contributed by atoms with E-state index in [0.29, 0.717) is 13.0 Å². The highest BCUT2D eigenvalue weighted by molar-refractivity contribution is 5.93. The Morgan fingerprint density at radius 1 is 0.949 bits per heavy atom. The van der Waals surface area contributed by atoms with Gasteiger partial charge in [-0.2, -0.15) is 0 Å². The van der Waals surface area contributed by atoms with Crippen LogP contribution in [-0.4, -0.2) is 41.8 Å². The van der Waals surface area contributed by atoms with Gasteiger partial charge < -0.3 is 25.2 Å². The maximum absolute atomic E-state index is 12.8. The number of carbonyl (C=O) groups excluding carboxylic acids is 2. The van der Waals surface area contributed by atoms with Gasteiger partial charge in [0.05, 0.1) is 19.1 Å². The molecule has 2 aliphatic heterocycles. The number of hydrogen-bond donors (Lipinski definition) is 3. The zero-order chi connectivity index (χ0) is 26.8. The molecule has 3 N–H and O–H groups in total. The molecule has 2 amide bonds. The molecule has 1 saturated carbocycles. The Hall–Kier alpha value is -3.68. The van der Waals surface area contributed by atoms with Crippen molar-refractivity contribution in [2.24, 2.45) is 5.92 Å². The van der Waals surface area contributed by atoms with E-state index >= 15 is 0 Å². The molecular weight excluding hydrogens is 492 g/mol. The molecule has 1 saturated heterocycles. The van der Waals surface area contributed by atoms with Crippen molar-refractivity contribution in [2.45, 2.75) is 62.9 Å². The number of ether oxygens (including phenoxy) is 2. The van der Waals surface area contributed by atoms with Crippen LogP contribution in [0.15, 0.2) is 72.8 Å². The Bertz CT molecular complexity index is 1320. The number of anilines is 1. The van der Waals surface area contributed by atoms with E-state index in [2.05, 4.69) is 34.9 Å². The first-order chi connectivity index (χ1) is 19.1. The number of rotatable bonds is 8. The number of aliphatic hydroxyl groups is 1. The number of aliphatic hydroxyl groups excluding tert-OH is 1. The van der Waals surface area contributed by atoms with Crippen molar-refractivity contribution in [3.8, 4) is 16.9 Å². The number of fused-ring (bicyclic) bond motifs is 3. The molecule has 3 aromatic carbocycles. The van der Waals surface area contributed by atoms with Crippen molar-refractivity contribution in [2.75, 3.05) is 11.9 Å². The zero-order valence-electron chi connectivity index (χ0n) is 21.8. The molecule has 0 spiro atoms. The highest BCUT2D eigenvalue weighted by Gasteiger charge is 2.46. The molecule has 202 valence electrons. The molecule has 0 unspecified atom stereocenters. The van der Waals surface area contributed by atoms with Crippen LogP contribution >= 0.6 is 0 Å². The standard InChI is InChI=1S/C32H34N2O5/c35-19-29-31-27(26-15-24(13-14-28(26)39-31)34-32(37)23-7-4-8-23)16-25(38-29)17-30(36)33-18-20-9-11-22(12-10-20)21-5-2-1-3-6-21/h1-3,5-6,9-15,23,25,27,29,31,35H,4,7-8,16-19H2,(H,33,36)(H,34,37)/t25-,27-,29+,31+/m0/s1. The molecule has 1 aliphatic carbocycles. The second-order valence-electron chi connectivity index (χ2n) is 10.8. The van der Waals surface area contributed by atoms with Crippen LogP contribution in [0, 0.1) is 5.92 Å². The Morgan fingerprint density at radius 2 is 1.72 bits per heavy atom. The van der Waals surface area contributed by atoms with Crippen LogP contribution in [0.25, 0.3) is 11.1 Å². The fourth-order valence-corrected chi connectivity index (χ4v) is 5.81. The van der Waals surface area contributed by atoms with Crippen LogP contribution in [0.4, 0.5) is 5.69 Å². The minimum Gasteiger partial charge on any atom is -0.487 e.